The second-order valence-corrected chi connectivity index (χ2v) is 8.96. The van der Waals surface area contributed by atoms with Crippen LogP contribution in [0, 0.1) is 12.3 Å². The zero-order valence-electron chi connectivity index (χ0n) is 15.7. The minimum absolute atomic E-state index is 0.148. The third-order valence-corrected chi connectivity index (χ3v) is 6.82. The molecule has 142 valence electrons. The van der Waals surface area contributed by atoms with Crippen LogP contribution in [-0.4, -0.2) is 46.2 Å². The van der Waals surface area contributed by atoms with Gasteiger partial charge in [-0.05, 0) is 55.4 Å². The molecule has 0 atom stereocenters. The summed E-state index contributed by atoms with van der Waals surface area (Å²) in [4.78, 5) is 34.3. The van der Waals surface area contributed by atoms with E-state index in [2.05, 4.69) is 4.98 Å². The average molecular weight is 384 g/mol. The Kier molecular flexibility index (Phi) is 5.00. The average Bonchev–Trinajstić information content (AvgIpc) is 3.12. The van der Waals surface area contributed by atoms with E-state index < -0.39 is 0 Å². The maximum absolute atomic E-state index is 12.7. The van der Waals surface area contributed by atoms with Crippen molar-refractivity contribution in [3.8, 4) is 0 Å². The van der Waals surface area contributed by atoms with Crippen molar-refractivity contribution in [1.82, 2.24) is 14.8 Å². The van der Waals surface area contributed by atoms with E-state index >= 15 is 0 Å². The number of carbonyl (C=O) groups excluding carboxylic acids is 2. The van der Waals surface area contributed by atoms with E-state index in [1.54, 1.807) is 23.7 Å². The number of pyridine rings is 1. The fourth-order valence-electron chi connectivity index (χ4n) is 4.29. The number of thiophene rings is 1. The van der Waals surface area contributed by atoms with E-state index in [-0.39, 0.29) is 17.2 Å². The third kappa shape index (κ3) is 3.90. The molecule has 0 aliphatic carbocycles. The summed E-state index contributed by atoms with van der Waals surface area (Å²) in [5.41, 5.74) is 2.09. The highest BCUT2D eigenvalue weighted by atomic mass is 32.1. The van der Waals surface area contributed by atoms with Gasteiger partial charge in [-0.1, -0.05) is 0 Å². The lowest BCUT2D eigenvalue weighted by Gasteiger charge is -2.47. The van der Waals surface area contributed by atoms with E-state index in [1.165, 1.54) is 4.88 Å². The Morgan fingerprint density at radius 3 is 2.63 bits per heavy atom. The second-order valence-electron chi connectivity index (χ2n) is 7.84. The SMILES string of the molecule is Cc1cc(C(=O)N2CCC3(CCC(=O)N(Cc4ccncc4)C3)CC2)cs1. The molecule has 2 aromatic rings. The Morgan fingerprint density at radius 2 is 1.96 bits per heavy atom. The maximum atomic E-state index is 12.7. The Labute approximate surface area is 164 Å². The second kappa shape index (κ2) is 7.43. The number of rotatable bonds is 3. The van der Waals surface area contributed by atoms with Gasteiger partial charge in [-0.15, -0.1) is 11.3 Å². The topological polar surface area (TPSA) is 53.5 Å². The Morgan fingerprint density at radius 1 is 1.22 bits per heavy atom. The van der Waals surface area contributed by atoms with Crippen molar-refractivity contribution in [2.24, 2.45) is 5.41 Å². The van der Waals surface area contributed by atoms with Gasteiger partial charge in [0.2, 0.25) is 5.91 Å². The molecule has 1 spiro atoms. The summed E-state index contributed by atoms with van der Waals surface area (Å²) in [5, 5.41) is 1.96. The van der Waals surface area contributed by atoms with E-state index in [9.17, 15) is 9.59 Å². The molecule has 2 aliphatic rings. The van der Waals surface area contributed by atoms with Gasteiger partial charge in [-0.2, -0.15) is 0 Å². The number of hydrogen-bond donors (Lipinski definition) is 0. The number of aromatic nitrogens is 1. The number of likely N-dealkylation sites (tertiary alicyclic amines) is 2. The fourth-order valence-corrected chi connectivity index (χ4v) is 4.96. The van der Waals surface area contributed by atoms with Crippen LogP contribution in [0.15, 0.2) is 36.0 Å². The minimum Gasteiger partial charge on any atom is -0.339 e. The number of piperidine rings is 2. The first-order valence-electron chi connectivity index (χ1n) is 9.56. The van der Waals surface area contributed by atoms with Gasteiger partial charge in [0.25, 0.3) is 5.91 Å². The van der Waals surface area contributed by atoms with E-state index in [1.807, 2.05) is 40.3 Å². The maximum Gasteiger partial charge on any atom is 0.254 e. The summed E-state index contributed by atoms with van der Waals surface area (Å²) in [5.74, 6) is 0.388. The van der Waals surface area contributed by atoms with Crippen molar-refractivity contribution in [1.29, 1.82) is 0 Å². The molecule has 6 heteroatoms. The molecule has 0 radical (unpaired) electrons. The molecule has 2 saturated heterocycles. The highest BCUT2D eigenvalue weighted by Gasteiger charge is 2.41. The molecule has 2 aliphatic heterocycles. The predicted octanol–water partition coefficient (Wildman–Crippen LogP) is 3.50. The largest absolute Gasteiger partial charge is 0.339 e. The van der Waals surface area contributed by atoms with Crippen molar-refractivity contribution < 1.29 is 9.59 Å². The number of nitrogens with zero attached hydrogens (tertiary/aromatic N) is 3. The Bertz CT molecular complexity index is 825. The molecular formula is C21H25N3O2S. The molecule has 0 aromatic carbocycles. The lowest BCUT2D eigenvalue weighted by atomic mass is 9.72. The lowest BCUT2D eigenvalue weighted by molar-refractivity contribution is -0.139. The van der Waals surface area contributed by atoms with Gasteiger partial charge in [-0.3, -0.25) is 14.6 Å². The fraction of sp³-hybridized carbons (Fsp3) is 0.476. The Balaban J connectivity index is 1.39. The van der Waals surface area contributed by atoms with Gasteiger partial charge in [0.05, 0.1) is 5.56 Å². The van der Waals surface area contributed by atoms with Crippen LogP contribution in [0.25, 0.3) is 0 Å². The van der Waals surface area contributed by atoms with Crippen LogP contribution in [0.5, 0.6) is 0 Å². The zero-order valence-corrected chi connectivity index (χ0v) is 16.5. The summed E-state index contributed by atoms with van der Waals surface area (Å²) in [6.45, 7) is 5.05. The van der Waals surface area contributed by atoms with E-state index in [4.69, 9.17) is 0 Å². The number of aryl methyl sites for hydroxylation is 1. The molecule has 2 aromatic heterocycles. The van der Waals surface area contributed by atoms with Crippen molar-refractivity contribution >= 4 is 23.2 Å². The number of carbonyl (C=O) groups is 2. The summed E-state index contributed by atoms with van der Waals surface area (Å²) >= 11 is 1.62. The van der Waals surface area contributed by atoms with Crippen LogP contribution in [0.3, 0.4) is 0 Å². The van der Waals surface area contributed by atoms with Crippen molar-refractivity contribution in [3.63, 3.8) is 0 Å². The number of hydrogen-bond acceptors (Lipinski definition) is 4. The number of amides is 2. The molecule has 0 saturated carbocycles. The Hall–Kier alpha value is -2.21. The van der Waals surface area contributed by atoms with Crippen LogP contribution in [0.2, 0.25) is 0 Å². The van der Waals surface area contributed by atoms with E-state index in [0.29, 0.717) is 13.0 Å². The van der Waals surface area contributed by atoms with Crippen LogP contribution >= 0.6 is 11.3 Å². The van der Waals surface area contributed by atoms with Crippen LogP contribution in [-0.2, 0) is 11.3 Å². The molecule has 0 N–H and O–H groups in total. The van der Waals surface area contributed by atoms with Gasteiger partial charge in [0.15, 0.2) is 0 Å². The van der Waals surface area contributed by atoms with Crippen molar-refractivity contribution in [3.05, 3.63) is 52.0 Å². The standard InChI is InChI=1S/C21H25N3O2S/c1-16-12-18(14-27-16)20(26)23-10-6-21(7-11-23)5-2-19(25)24(15-21)13-17-3-8-22-9-4-17/h3-4,8-9,12,14H,2,5-7,10-11,13,15H2,1H3. The molecule has 27 heavy (non-hydrogen) atoms. The smallest absolute Gasteiger partial charge is 0.254 e. The van der Waals surface area contributed by atoms with Gasteiger partial charge in [0, 0.05) is 55.3 Å². The minimum atomic E-state index is 0.148. The van der Waals surface area contributed by atoms with Gasteiger partial charge in [0.1, 0.15) is 0 Å². The first-order chi connectivity index (χ1) is 13.0. The van der Waals surface area contributed by atoms with E-state index in [0.717, 1.165) is 50.0 Å². The van der Waals surface area contributed by atoms with Crippen molar-refractivity contribution in [2.75, 3.05) is 19.6 Å². The lowest BCUT2D eigenvalue weighted by Crippen LogP contribution is -2.52. The first-order valence-corrected chi connectivity index (χ1v) is 10.4. The molecule has 2 fully saturated rings. The monoisotopic (exact) mass is 383 g/mol. The molecule has 0 unspecified atom stereocenters. The van der Waals surface area contributed by atoms with Crippen LogP contribution < -0.4 is 0 Å². The third-order valence-electron chi connectivity index (χ3n) is 5.96. The normalized spacial score (nSPS) is 19.5. The summed E-state index contributed by atoms with van der Waals surface area (Å²) in [7, 11) is 0. The van der Waals surface area contributed by atoms with Gasteiger partial charge < -0.3 is 9.80 Å². The molecule has 2 amide bonds. The predicted molar refractivity (Wildman–Crippen MR) is 106 cm³/mol. The molecule has 0 bridgehead atoms. The molecular weight excluding hydrogens is 358 g/mol. The first kappa shape index (κ1) is 18.2. The van der Waals surface area contributed by atoms with Gasteiger partial charge >= 0.3 is 0 Å². The summed E-state index contributed by atoms with van der Waals surface area (Å²) in [6, 6.07) is 5.92. The highest BCUT2D eigenvalue weighted by molar-refractivity contribution is 7.10. The van der Waals surface area contributed by atoms with Crippen LogP contribution in [0.1, 0.15) is 46.5 Å². The summed E-state index contributed by atoms with van der Waals surface area (Å²) < 4.78 is 0. The molecule has 4 heterocycles. The quantitative estimate of drug-likeness (QED) is 0.815. The zero-order chi connectivity index (χ0) is 18.9. The van der Waals surface area contributed by atoms with Crippen molar-refractivity contribution in [2.45, 2.75) is 39.2 Å². The van der Waals surface area contributed by atoms with Gasteiger partial charge in [-0.25, -0.2) is 0 Å². The molecule has 4 rings (SSSR count). The van der Waals surface area contributed by atoms with Crippen LogP contribution in [0.4, 0.5) is 0 Å². The highest BCUT2D eigenvalue weighted by Crippen LogP contribution is 2.41. The summed E-state index contributed by atoms with van der Waals surface area (Å²) in [6.07, 6.45) is 7.05. The molecule has 5 nitrogen and oxygen atoms in total.